The molecule has 0 saturated heterocycles. The van der Waals surface area contributed by atoms with Gasteiger partial charge in [0.2, 0.25) is 0 Å². The highest BCUT2D eigenvalue weighted by atomic mass is 32.1. The van der Waals surface area contributed by atoms with Crippen molar-refractivity contribution < 1.29 is 0 Å². The number of nitrogens with zero attached hydrogens (tertiary/aromatic N) is 5. The highest BCUT2D eigenvalue weighted by Gasteiger charge is 2.19. The second-order valence-corrected chi connectivity index (χ2v) is 7.32. The van der Waals surface area contributed by atoms with Gasteiger partial charge in [-0.3, -0.25) is 4.68 Å². The minimum atomic E-state index is 0.330. The summed E-state index contributed by atoms with van der Waals surface area (Å²) in [6, 6.07) is 4.51. The van der Waals surface area contributed by atoms with Crippen LogP contribution >= 0.6 is 11.3 Å². The number of aromatic amines is 1. The summed E-state index contributed by atoms with van der Waals surface area (Å²) in [6.45, 7) is 9.16. The highest BCUT2D eigenvalue weighted by Crippen LogP contribution is 2.28. The van der Waals surface area contributed by atoms with Gasteiger partial charge in [0.15, 0.2) is 5.65 Å². The lowest BCUT2D eigenvalue weighted by Gasteiger charge is -2.07. The average molecular weight is 340 g/mol. The number of hydrogen-bond acceptors (Lipinski definition) is 4. The van der Waals surface area contributed by atoms with E-state index in [0.29, 0.717) is 6.04 Å². The van der Waals surface area contributed by atoms with Crippen molar-refractivity contribution in [3.63, 3.8) is 0 Å². The highest BCUT2D eigenvalue weighted by molar-refractivity contribution is 7.09. The molecule has 0 aliphatic heterocycles. The number of fused-ring (bicyclic) bond motifs is 1. The Hall–Kier alpha value is -2.41. The summed E-state index contributed by atoms with van der Waals surface area (Å²) >= 11 is 1.73. The van der Waals surface area contributed by atoms with Crippen molar-refractivity contribution >= 4 is 22.5 Å². The molecule has 0 spiro atoms. The molecular weight excluding hydrogens is 320 g/mol. The molecule has 124 valence electrons. The van der Waals surface area contributed by atoms with Crippen molar-refractivity contribution in [3.8, 4) is 11.4 Å². The van der Waals surface area contributed by atoms with Crippen LogP contribution in [0, 0.1) is 13.8 Å². The van der Waals surface area contributed by atoms with Gasteiger partial charge >= 0.3 is 0 Å². The van der Waals surface area contributed by atoms with Crippen LogP contribution < -0.4 is 0 Å². The predicted molar refractivity (Wildman–Crippen MR) is 96.4 cm³/mol. The van der Waals surface area contributed by atoms with Gasteiger partial charge in [-0.2, -0.15) is 10.2 Å². The van der Waals surface area contributed by atoms with E-state index in [1.165, 1.54) is 4.88 Å². The van der Waals surface area contributed by atoms with E-state index in [4.69, 9.17) is 4.98 Å². The van der Waals surface area contributed by atoms with E-state index in [1.807, 2.05) is 17.8 Å². The molecule has 0 saturated carbocycles. The van der Waals surface area contributed by atoms with Crippen molar-refractivity contribution in [3.05, 3.63) is 40.0 Å². The van der Waals surface area contributed by atoms with Crippen LogP contribution in [0.2, 0.25) is 0 Å². The molecule has 0 bridgehead atoms. The van der Waals surface area contributed by atoms with Crippen molar-refractivity contribution in [2.75, 3.05) is 0 Å². The average Bonchev–Trinajstić information content (AvgIpc) is 3.26. The molecule has 0 aromatic carbocycles. The van der Waals surface area contributed by atoms with Gasteiger partial charge < -0.3 is 4.98 Å². The lowest BCUT2D eigenvalue weighted by atomic mass is 10.2. The van der Waals surface area contributed by atoms with Crippen LogP contribution in [-0.4, -0.2) is 29.5 Å². The van der Waals surface area contributed by atoms with Crippen LogP contribution in [-0.2, 0) is 6.54 Å². The molecule has 4 heterocycles. The third-order valence-electron chi connectivity index (χ3n) is 4.22. The van der Waals surface area contributed by atoms with Gasteiger partial charge in [0.1, 0.15) is 11.3 Å². The molecule has 24 heavy (non-hydrogen) atoms. The largest absolute Gasteiger partial charge is 0.335 e. The first-order chi connectivity index (χ1) is 11.5. The Labute approximate surface area is 144 Å². The van der Waals surface area contributed by atoms with Gasteiger partial charge in [-0.25, -0.2) is 9.67 Å². The molecule has 6 nitrogen and oxygen atoms in total. The number of H-pyrrole nitrogens is 1. The summed E-state index contributed by atoms with van der Waals surface area (Å²) in [7, 11) is 0. The molecule has 0 unspecified atom stereocenters. The van der Waals surface area contributed by atoms with Gasteiger partial charge in [0, 0.05) is 16.6 Å². The van der Waals surface area contributed by atoms with E-state index in [-0.39, 0.29) is 0 Å². The van der Waals surface area contributed by atoms with E-state index < -0.39 is 0 Å². The standard InChI is InChI=1S/C17H20N6S/c1-10(2)23-12(4)15(11(3)21-23)16-19-14-8-18-22(17(14)20-16)9-13-6-5-7-24-13/h5-8,10H,9H2,1-4H3,(H,19,20). The lowest BCUT2D eigenvalue weighted by Crippen LogP contribution is -2.04. The molecular formula is C17H20N6S. The Morgan fingerprint density at radius 3 is 2.79 bits per heavy atom. The van der Waals surface area contributed by atoms with Crippen molar-refractivity contribution in [2.24, 2.45) is 0 Å². The van der Waals surface area contributed by atoms with Crippen molar-refractivity contribution in [2.45, 2.75) is 40.3 Å². The van der Waals surface area contributed by atoms with Gasteiger partial charge in [0.05, 0.1) is 24.0 Å². The predicted octanol–water partition coefficient (Wildman–Crippen LogP) is 3.93. The van der Waals surface area contributed by atoms with Crippen LogP contribution in [0.4, 0.5) is 0 Å². The molecule has 4 rings (SSSR count). The number of nitrogens with one attached hydrogen (secondary N) is 1. The van der Waals surface area contributed by atoms with Crippen LogP contribution in [0.25, 0.3) is 22.6 Å². The number of aryl methyl sites for hydroxylation is 1. The normalized spacial score (nSPS) is 11.9. The van der Waals surface area contributed by atoms with Crippen LogP contribution in [0.15, 0.2) is 23.7 Å². The number of aromatic nitrogens is 6. The fourth-order valence-corrected chi connectivity index (χ4v) is 3.82. The Kier molecular flexibility index (Phi) is 3.53. The second-order valence-electron chi connectivity index (χ2n) is 6.29. The quantitative estimate of drug-likeness (QED) is 0.612. The summed E-state index contributed by atoms with van der Waals surface area (Å²) in [4.78, 5) is 9.48. The van der Waals surface area contributed by atoms with E-state index in [2.05, 4.69) is 58.1 Å². The first kappa shape index (κ1) is 15.1. The zero-order chi connectivity index (χ0) is 16.8. The number of imidazole rings is 1. The molecule has 4 aromatic heterocycles. The second kappa shape index (κ2) is 5.59. The summed E-state index contributed by atoms with van der Waals surface area (Å²) in [5.41, 5.74) is 5.06. The van der Waals surface area contributed by atoms with E-state index in [0.717, 1.165) is 40.5 Å². The van der Waals surface area contributed by atoms with Crippen LogP contribution in [0.1, 0.15) is 36.2 Å². The maximum absolute atomic E-state index is 4.81. The SMILES string of the molecule is Cc1nn(C(C)C)c(C)c1-c1nc2c(cnn2Cc2cccs2)[nH]1. The molecule has 0 atom stereocenters. The maximum atomic E-state index is 4.81. The summed E-state index contributed by atoms with van der Waals surface area (Å²) < 4.78 is 3.99. The Bertz CT molecular complexity index is 986. The molecule has 0 aliphatic rings. The number of thiophene rings is 1. The Balaban J connectivity index is 1.78. The fourth-order valence-electron chi connectivity index (χ4n) is 3.14. The molecule has 1 N–H and O–H groups in total. The van der Waals surface area contributed by atoms with Gasteiger partial charge in [-0.05, 0) is 39.1 Å². The number of rotatable bonds is 4. The summed E-state index contributed by atoms with van der Waals surface area (Å²) in [6.07, 6.45) is 1.84. The smallest absolute Gasteiger partial charge is 0.177 e. The van der Waals surface area contributed by atoms with Crippen molar-refractivity contribution in [1.29, 1.82) is 0 Å². The molecule has 7 heteroatoms. The molecule has 0 aliphatic carbocycles. The molecule has 0 amide bonds. The molecule has 0 radical (unpaired) electrons. The first-order valence-corrected chi connectivity index (χ1v) is 8.92. The minimum Gasteiger partial charge on any atom is -0.335 e. The third-order valence-corrected chi connectivity index (χ3v) is 5.08. The van der Waals surface area contributed by atoms with E-state index >= 15 is 0 Å². The topological polar surface area (TPSA) is 64.3 Å². The zero-order valence-electron chi connectivity index (χ0n) is 14.2. The number of hydrogen-bond donors (Lipinski definition) is 1. The summed E-state index contributed by atoms with van der Waals surface area (Å²) in [5.74, 6) is 0.865. The Morgan fingerprint density at radius 1 is 1.29 bits per heavy atom. The maximum Gasteiger partial charge on any atom is 0.177 e. The van der Waals surface area contributed by atoms with Gasteiger partial charge in [0.25, 0.3) is 0 Å². The molecule has 0 fully saturated rings. The molecule has 4 aromatic rings. The minimum absolute atomic E-state index is 0.330. The van der Waals surface area contributed by atoms with Crippen LogP contribution in [0.5, 0.6) is 0 Å². The lowest BCUT2D eigenvalue weighted by molar-refractivity contribution is 0.516. The third kappa shape index (κ3) is 2.36. The zero-order valence-corrected chi connectivity index (χ0v) is 15.1. The Morgan fingerprint density at radius 2 is 2.12 bits per heavy atom. The fraction of sp³-hybridized carbons (Fsp3) is 0.353. The van der Waals surface area contributed by atoms with Crippen molar-refractivity contribution in [1.82, 2.24) is 29.5 Å². The van der Waals surface area contributed by atoms with Gasteiger partial charge in [-0.1, -0.05) is 6.07 Å². The van der Waals surface area contributed by atoms with Gasteiger partial charge in [-0.15, -0.1) is 11.3 Å². The van der Waals surface area contributed by atoms with E-state index in [1.54, 1.807) is 11.3 Å². The summed E-state index contributed by atoms with van der Waals surface area (Å²) in [5, 5.41) is 11.2. The van der Waals surface area contributed by atoms with E-state index in [9.17, 15) is 0 Å². The first-order valence-electron chi connectivity index (χ1n) is 8.04. The van der Waals surface area contributed by atoms with Crippen LogP contribution in [0.3, 0.4) is 0 Å². The monoisotopic (exact) mass is 340 g/mol.